The van der Waals surface area contributed by atoms with Crippen LogP contribution in [-0.4, -0.2) is 16.8 Å². The molecule has 0 aromatic heterocycles. The van der Waals surface area contributed by atoms with Crippen LogP contribution in [0.25, 0.3) is 0 Å². The summed E-state index contributed by atoms with van der Waals surface area (Å²) in [5, 5.41) is 0.280. The van der Waals surface area contributed by atoms with Gasteiger partial charge in [-0.1, -0.05) is 30.3 Å². The molecule has 1 nitrogen and oxygen atoms in total. The van der Waals surface area contributed by atoms with E-state index in [1.807, 2.05) is 30.0 Å². The Kier molecular flexibility index (Phi) is 2.55. The number of carbonyl (C=O) groups is 1. The highest BCUT2D eigenvalue weighted by Crippen LogP contribution is 2.51. The average molecular weight is 232 g/mol. The Bertz CT molecular complexity index is 388. The van der Waals surface area contributed by atoms with Crippen LogP contribution in [-0.2, 0) is 10.2 Å². The van der Waals surface area contributed by atoms with E-state index in [1.165, 1.54) is 17.7 Å². The minimum atomic E-state index is -0.0940. The minimum Gasteiger partial charge on any atom is -0.297 e. The molecule has 1 saturated heterocycles. The lowest BCUT2D eigenvalue weighted by molar-refractivity contribution is -0.121. The Morgan fingerprint density at radius 1 is 1.25 bits per heavy atom. The second-order valence-electron chi connectivity index (χ2n) is 4.81. The average Bonchev–Trinajstić information content (AvgIpc) is 2.97. The van der Waals surface area contributed by atoms with Crippen LogP contribution in [0.15, 0.2) is 30.3 Å². The van der Waals surface area contributed by atoms with Crippen molar-refractivity contribution in [2.24, 2.45) is 0 Å². The largest absolute Gasteiger partial charge is 0.297 e. The Balaban J connectivity index is 1.86. The molecule has 2 aliphatic rings. The predicted molar refractivity (Wildman–Crippen MR) is 67.8 cm³/mol. The summed E-state index contributed by atoms with van der Waals surface area (Å²) in [7, 11) is 0. The quantitative estimate of drug-likeness (QED) is 0.796. The summed E-state index contributed by atoms with van der Waals surface area (Å²) < 4.78 is 0. The van der Waals surface area contributed by atoms with Gasteiger partial charge in [0, 0.05) is 0 Å². The number of ketones is 1. The third kappa shape index (κ3) is 1.60. The molecule has 1 aliphatic heterocycles. The molecule has 0 N–H and O–H groups in total. The van der Waals surface area contributed by atoms with E-state index < -0.39 is 0 Å². The van der Waals surface area contributed by atoms with E-state index in [2.05, 4.69) is 12.1 Å². The van der Waals surface area contributed by atoms with Gasteiger partial charge in [-0.05, 0) is 37.0 Å². The second-order valence-corrected chi connectivity index (χ2v) is 6.12. The number of carbonyl (C=O) groups excluding carboxylic acids is 1. The summed E-state index contributed by atoms with van der Waals surface area (Å²) in [5.41, 5.74) is 1.15. The molecule has 84 valence electrons. The predicted octanol–water partition coefficient (Wildman–Crippen LogP) is 3.18. The van der Waals surface area contributed by atoms with Gasteiger partial charge in [-0.3, -0.25) is 4.79 Å². The van der Waals surface area contributed by atoms with Crippen LogP contribution in [0.3, 0.4) is 0 Å². The van der Waals surface area contributed by atoms with Crippen LogP contribution in [0.4, 0.5) is 0 Å². The molecule has 1 unspecified atom stereocenters. The Morgan fingerprint density at radius 3 is 2.56 bits per heavy atom. The summed E-state index contributed by atoms with van der Waals surface area (Å²) in [4.78, 5) is 12.5. The maximum Gasteiger partial charge on any atom is 0.156 e. The molecule has 1 aliphatic carbocycles. The summed E-state index contributed by atoms with van der Waals surface area (Å²) >= 11 is 1.86. The van der Waals surface area contributed by atoms with Gasteiger partial charge in [0.25, 0.3) is 0 Å². The van der Waals surface area contributed by atoms with Crippen LogP contribution in [0, 0.1) is 0 Å². The lowest BCUT2D eigenvalue weighted by Crippen LogP contribution is -2.28. The molecule has 16 heavy (non-hydrogen) atoms. The number of hydrogen-bond acceptors (Lipinski definition) is 2. The van der Waals surface area contributed by atoms with Gasteiger partial charge in [0.15, 0.2) is 5.78 Å². The van der Waals surface area contributed by atoms with E-state index >= 15 is 0 Å². The Labute approximate surface area is 101 Å². The van der Waals surface area contributed by atoms with Crippen molar-refractivity contribution in [2.45, 2.75) is 36.3 Å². The molecular weight excluding hydrogens is 216 g/mol. The smallest absolute Gasteiger partial charge is 0.156 e. The van der Waals surface area contributed by atoms with Crippen LogP contribution < -0.4 is 0 Å². The van der Waals surface area contributed by atoms with Crippen molar-refractivity contribution < 1.29 is 4.79 Å². The molecule has 1 aromatic rings. The molecule has 0 amide bonds. The maximum absolute atomic E-state index is 12.5. The molecule has 2 fully saturated rings. The molecule has 2 heteroatoms. The number of thioether (sulfide) groups is 1. The highest BCUT2D eigenvalue weighted by atomic mass is 32.2. The number of Topliss-reactive ketones (excluding diaryl/α,β-unsaturated/α-hetero) is 1. The first-order valence-corrected chi connectivity index (χ1v) is 7.09. The van der Waals surface area contributed by atoms with Gasteiger partial charge in [-0.15, -0.1) is 0 Å². The van der Waals surface area contributed by atoms with Crippen LogP contribution in [0.1, 0.15) is 31.2 Å². The van der Waals surface area contributed by atoms with Gasteiger partial charge >= 0.3 is 0 Å². The van der Waals surface area contributed by atoms with Crippen LogP contribution in [0.2, 0.25) is 0 Å². The molecule has 3 rings (SSSR count). The second kappa shape index (κ2) is 3.92. The van der Waals surface area contributed by atoms with Gasteiger partial charge < -0.3 is 0 Å². The Morgan fingerprint density at radius 2 is 2.00 bits per heavy atom. The van der Waals surface area contributed by atoms with Crippen molar-refractivity contribution in [2.75, 3.05) is 5.75 Å². The van der Waals surface area contributed by atoms with Crippen LogP contribution >= 0.6 is 11.8 Å². The summed E-state index contributed by atoms with van der Waals surface area (Å²) in [6, 6.07) is 10.3. The third-order valence-corrected chi connectivity index (χ3v) is 5.15. The van der Waals surface area contributed by atoms with Crippen molar-refractivity contribution in [1.82, 2.24) is 0 Å². The highest BCUT2D eigenvalue weighted by molar-refractivity contribution is 8.00. The van der Waals surface area contributed by atoms with E-state index in [0.717, 1.165) is 19.3 Å². The molecule has 0 radical (unpaired) electrons. The van der Waals surface area contributed by atoms with Crippen molar-refractivity contribution >= 4 is 17.5 Å². The zero-order valence-electron chi connectivity index (χ0n) is 9.32. The Hall–Kier alpha value is -0.760. The zero-order valence-corrected chi connectivity index (χ0v) is 10.1. The van der Waals surface area contributed by atoms with Crippen molar-refractivity contribution in [3.63, 3.8) is 0 Å². The van der Waals surface area contributed by atoms with E-state index in [1.54, 1.807) is 0 Å². The van der Waals surface area contributed by atoms with Crippen LogP contribution in [0.5, 0.6) is 0 Å². The molecule has 1 atom stereocenters. The van der Waals surface area contributed by atoms with E-state index in [9.17, 15) is 4.79 Å². The third-order valence-electron chi connectivity index (χ3n) is 3.77. The zero-order chi connectivity index (χ0) is 11.0. The molecule has 1 saturated carbocycles. The van der Waals surface area contributed by atoms with E-state index in [4.69, 9.17) is 0 Å². The topological polar surface area (TPSA) is 17.1 Å². The number of rotatable bonds is 3. The molecule has 0 spiro atoms. The number of benzene rings is 1. The molecule has 1 aromatic carbocycles. The molecule has 1 heterocycles. The lowest BCUT2D eigenvalue weighted by atomic mass is 9.88. The summed E-state index contributed by atoms with van der Waals surface area (Å²) in [6.07, 6.45) is 4.43. The van der Waals surface area contributed by atoms with Gasteiger partial charge in [-0.2, -0.15) is 11.8 Å². The molecule has 0 bridgehead atoms. The van der Waals surface area contributed by atoms with Gasteiger partial charge in [0.2, 0.25) is 0 Å². The normalized spacial score (nSPS) is 26.6. The first-order valence-electron chi connectivity index (χ1n) is 6.04. The SMILES string of the molecule is O=C(C1CCCS1)C1(c2ccccc2)CC1. The lowest BCUT2D eigenvalue weighted by Gasteiger charge is -2.18. The fourth-order valence-electron chi connectivity index (χ4n) is 2.65. The number of hydrogen-bond donors (Lipinski definition) is 0. The van der Waals surface area contributed by atoms with E-state index in [0.29, 0.717) is 5.78 Å². The summed E-state index contributed by atoms with van der Waals surface area (Å²) in [5.74, 6) is 1.67. The minimum absolute atomic E-state index is 0.0940. The van der Waals surface area contributed by atoms with Crippen molar-refractivity contribution in [1.29, 1.82) is 0 Å². The highest BCUT2D eigenvalue weighted by Gasteiger charge is 2.53. The fraction of sp³-hybridized carbons (Fsp3) is 0.500. The molecular formula is C14H16OS. The van der Waals surface area contributed by atoms with Gasteiger partial charge in [0.05, 0.1) is 10.7 Å². The standard InChI is InChI=1S/C14H16OS/c15-13(12-7-4-10-16-12)14(8-9-14)11-5-2-1-3-6-11/h1-3,5-6,12H,4,7-10H2. The summed E-state index contributed by atoms with van der Waals surface area (Å²) in [6.45, 7) is 0. The van der Waals surface area contributed by atoms with E-state index in [-0.39, 0.29) is 10.7 Å². The first-order chi connectivity index (χ1) is 7.83. The van der Waals surface area contributed by atoms with Crippen molar-refractivity contribution in [3.05, 3.63) is 35.9 Å². The van der Waals surface area contributed by atoms with Gasteiger partial charge in [-0.25, -0.2) is 0 Å². The van der Waals surface area contributed by atoms with Gasteiger partial charge in [0.1, 0.15) is 0 Å². The van der Waals surface area contributed by atoms with Crippen molar-refractivity contribution in [3.8, 4) is 0 Å². The monoisotopic (exact) mass is 232 g/mol. The maximum atomic E-state index is 12.5. The first kappa shape index (κ1) is 10.4. The fourth-order valence-corrected chi connectivity index (χ4v) is 3.98.